The number of benzene rings is 2. The van der Waals surface area contributed by atoms with Gasteiger partial charge in [0.15, 0.2) is 17.6 Å². The maximum absolute atomic E-state index is 14.1. The van der Waals surface area contributed by atoms with E-state index in [1.54, 1.807) is 22.8 Å². The Kier molecular flexibility index (Phi) is 11.3. The number of carbonyl (C=O) groups excluding carboxylic acids is 6. The van der Waals surface area contributed by atoms with Gasteiger partial charge in [-0.15, -0.1) is 0 Å². The number of aliphatic hydroxyl groups is 1. The largest absolute Gasteiger partial charge is 0.463 e. The lowest BCUT2D eigenvalue weighted by atomic mass is 9.96. The van der Waals surface area contributed by atoms with Gasteiger partial charge in [-0.3, -0.25) is 28.9 Å². The lowest BCUT2D eigenvalue weighted by molar-refractivity contribution is -0.175. The molecule has 4 aromatic rings. The minimum absolute atomic E-state index is 0.0467. The standard InChI is InChI=1S/C46H43N5O15/c1-49(38(55)8-9-50-39(56)6-7-40(50)57)17-37(54)47-32-10-23(2-5-34(32)66-41-12-25(53)11-26(18-52)65-41)19-60-21-64-44-27-13-33-43-29(16-51(33)45(58)30(27)20-61-46(44)59)42(24-3-4-24)28-14-35-36(63-22-62-35)15-31(28)48-43/h2,5-7,10,13-15,18,24-26,41,44,53H,3-4,8-9,11-12,16-17,19-22H2,1H3,(H,47,54). The summed E-state index contributed by atoms with van der Waals surface area (Å²) in [5, 5.41) is 14.0. The number of hydrogen-bond acceptors (Lipinski definition) is 16. The van der Waals surface area contributed by atoms with E-state index in [9.17, 15) is 38.7 Å². The van der Waals surface area contributed by atoms with Crippen molar-refractivity contribution in [3.05, 3.63) is 86.7 Å². The summed E-state index contributed by atoms with van der Waals surface area (Å²) in [6.45, 7) is -0.828. The van der Waals surface area contributed by atoms with Crippen LogP contribution in [0.1, 0.15) is 71.9 Å². The number of ether oxygens (including phenoxy) is 7. The van der Waals surface area contributed by atoms with Crippen molar-refractivity contribution in [2.24, 2.45) is 0 Å². The number of fused-ring (bicyclic) bond motifs is 6. The van der Waals surface area contributed by atoms with Crippen molar-refractivity contribution in [2.75, 3.05) is 39.0 Å². The van der Waals surface area contributed by atoms with Crippen LogP contribution >= 0.6 is 0 Å². The number of aldehydes is 1. The van der Waals surface area contributed by atoms with Gasteiger partial charge in [0.25, 0.3) is 17.4 Å². The summed E-state index contributed by atoms with van der Waals surface area (Å²) < 4.78 is 41.9. The fraction of sp³-hybridized carbons (Fsp3) is 0.391. The summed E-state index contributed by atoms with van der Waals surface area (Å²) in [7, 11) is 1.40. The third-order valence-electron chi connectivity index (χ3n) is 12.3. The van der Waals surface area contributed by atoms with Crippen LogP contribution in [0.4, 0.5) is 5.69 Å². The topological polar surface area (TPSA) is 241 Å². The molecule has 66 heavy (non-hydrogen) atoms. The summed E-state index contributed by atoms with van der Waals surface area (Å²) in [6.07, 6.45) is 0.690. The van der Waals surface area contributed by atoms with E-state index in [1.807, 2.05) is 12.1 Å². The molecule has 0 spiro atoms. The molecular weight excluding hydrogens is 863 g/mol. The van der Waals surface area contributed by atoms with Crippen molar-refractivity contribution in [3.8, 4) is 28.6 Å². The van der Waals surface area contributed by atoms with Gasteiger partial charge >= 0.3 is 5.97 Å². The Hall–Kier alpha value is -7.00. The van der Waals surface area contributed by atoms with E-state index in [4.69, 9.17) is 38.1 Å². The molecule has 4 amide bonds. The Labute approximate surface area is 374 Å². The molecule has 7 heterocycles. The lowest BCUT2D eigenvalue weighted by Crippen LogP contribution is -2.40. The second kappa shape index (κ2) is 17.4. The van der Waals surface area contributed by atoms with Crippen LogP contribution in [0.3, 0.4) is 0 Å². The summed E-state index contributed by atoms with van der Waals surface area (Å²) in [5.41, 5.74) is 5.04. The van der Waals surface area contributed by atoms with Crippen molar-refractivity contribution in [1.29, 1.82) is 0 Å². The average molecular weight is 906 g/mol. The molecule has 6 aliphatic rings. The van der Waals surface area contributed by atoms with Crippen LogP contribution in [0.25, 0.3) is 22.3 Å². The minimum atomic E-state index is -1.28. The first-order valence-electron chi connectivity index (χ1n) is 21.5. The van der Waals surface area contributed by atoms with Gasteiger partial charge < -0.3 is 57.8 Å². The van der Waals surface area contributed by atoms with Crippen molar-refractivity contribution in [1.82, 2.24) is 19.4 Å². The number of rotatable bonds is 15. The van der Waals surface area contributed by atoms with Crippen LogP contribution in [0.2, 0.25) is 0 Å². The zero-order valence-corrected chi connectivity index (χ0v) is 35.5. The quantitative estimate of drug-likeness (QED) is 0.0504. The van der Waals surface area contributed by atoms with Crippen LogP contribution in [0.5, 0.6) is 17.2 Å². The first-order valence-corrected chi connectivity index (χ1v) is 21.5. The zero-order chi connectivity index (χ0) is 45.8. The molecule has 342 valence electrons. The number of nitrogens with zero attached hydrogens (tertiary/aromatic N) is 4. The SMILES string of the molecule is CN(CC(=O)Nc1cc(COCOC2C(=O)OCc3c2cc2n(c3=O)Cc3c-2nc2cc4c(cc2c3C2CC2)OCO4)ccc1OC1CC(O)CC(C=O)O1)C(=O)CCN1C(=O)C=CC1=O. The number of esters is 1. The number of amides is 4. The summed E-state index contributed by atoms with van der Waals surface area (Å²) >= 11 is 0. The van der Waals surface area contributed by atoms with E-state index < -0.39 is 67.5 Å². The first-order chi connectivity index (χ1) is 31.9. The van der Waals surface area contributed by atoms with Crippen molar-refractivity contribution in [3.63, 3.8) is 0 Å². The molecule has 2 fully saturated rings. The molecule has 1 saturated carbocycles. The van der Waals surface area contributed by atoms with E-state index in [0.29, 0.717) is 58.3 Å². The molecule has 0 bridgehead atoms. The molecule has 1 saturated heterocycles. The van der Waals surface area contributed by atoms with E-state index in [0.717, 1.165) is 56.8 Å². The fourth-order valence-electron chi connectivity index (χ4n) is 8.91. The Morgan fingerprint density at radius 3 is 2.56 bits per heavy atom. The van der Waals surface area contributed by atoms with Crippen LogP contribution in [0, 0.1) is 0 Å². The number of imide groups is 1. The molecule has 4 unspecified atom stereocenters. The molecule has 2 N–H and O–H groups in total. The summed E-state index contributed by atoms with van der Waals surface area (Å²) in [5.74, 6) is -1.15. The summed E-state index contributed by atoms with van der Waals surface area (Å²) in [6, 6.07) is 10.3. The minimum Gasteiger partial charge on any atom is -0.463 e. The van der Waals surface area contributed by atoms with E-state index >= 15 is 0 Å². The average Bonchev–Trinajstić information content (AvgIpc) is 3.79. The monoisotopic (exact) mass is 905 g/mol. The second-order valence-electron chi connectivity index (χ2n) is 16.8. The number of pyridine rings is 2. The number of likely N-dealkylation sites (N-methyl/N-ethyl adjacent to an activating group) is 1. The Balaban J connectivity index is 0.838. The predicted octanol–water partition coefficient (Wildman–Crippen LogP) is 2.48. The second-order valence-corrected chi connectivity index (χ2v) is 16.8. The van der Waals surface area contributed by atoms with Crippen LogP contribution in [-0.2, 0) is 67.5 Å². The third kappa shape index (κ3) is 8.27. The Morgan fingerprint density at radius 2 is 1.79 bits per heavy atom. The van der Waals surface area contributed by atoms with Gasteiger partial charge in [-0.2, -0.15) is 0 Å². The Bertz CT molecular complexity index is 2800. The van der Waals surface area contributed by atoms with Crippen molar-refractivity contribution in [2.45, 2.75) is 82.4 Å². The number of anilines is 1. The number of aliphatic hydroxyl groups excluding tert-OH is 1. The number of aromatic nitrogens is 2. The normalized spacial score (nSPS) is 21.4. The van der Waals surface area contributed by atoms with Crippen LogP contribution in [0.15, 0.2) is 53.3 Å². The first kappa shape index (κ1) is 42.9. The van der Waals surface area contributed by atoms with Gasteiger partial charge in [0.05, 0.1) is 54.0 Å². The number of hydrogen-bond donors (Lipinski definition) is 2. The molecule has 2 aromatic heterocycles. The summed E-state index contributed by atoms with van der Waals surface area (Å²) in [4.78, 5) is 95.9. The van der Waals surface area contributed by atoms with Crippen LogP contribution in [-0.4, -0.2) is 113 Å². The van der Waals surface area contributed by atoms with Gasteiger partial charge in [-0.25, -0.2) is 9.78 Å². The molecule has 5 aliphatic heterocycles. The molecule has 0 radical (unpaired) electrons. The van der Waals surface area contributed by atoms with Gasteiger partial charge in [-0.05, 0) is 54.2 Å². The van der Waals surface area contributed by atoms with Gasteiger partial charge in [0, 0.05) is 67.6 Å². The molecular formula is C46H43N5O15. The molecule has 20 nitrogen and oxygen atoms in total. The van der Waals surface area contributed by atoms with E-state index in [2.05, 4.69) is 5.32 Å². The van der Waals surface area contributed by atoms with Gasteiger partial charge in [-0.1, -0.05) is 6.07 Å². The van der Waals surface area contributed by atoms with Gasteiger partial charge in [0.1, 0.15) is 31.5 Å². The fourth-order valence-corrected chi connectivity index (χ4v) is 8.91. The maximum atomic E-state index is 14.1. The van der Waals surface area contributed by atoms with E-state index in [1.165, 1.54) is 13.1 Å². The van der Waals surface area contributed by atoms with Crippen molar-refractivity contribution >= 4 is 52.5 Å². The maximum Gasteiger partial charge on any atom is 0.340 e. The highest BCUT2D eigenvalue weighted by atomic mass is 16.7. The third-order valence-corrected chi connectivity index (χ3v) is 12.3. The van der Waals surface area contributed by atoms with Crippen molar-refractivity contribution < 1.29 is 67.0 Å². The molecule has 2 aromatic carbocycles. The lowest BCUT2D eigenvalue weighted by Gasteiger charge is -2.31. The molecule has 20 heteroatoms. The molecule has 4 atom stereocenters. The van der Waals surface area contributed by atoms with E-state index in [-0.39, 0.29) is 62.8 Å². The number of nitrogens with one attached hydrogen (secondary N) is 1. The molecule has 10 rings (SSSR count). The zero-order valence-electron chi connectivity index (χ0n) is 35.5. The predicted molar refractivity (Wildman–Crippen MR) is 226 cm³/mol. The number of cyclic esters (lactones) is 1. The smallest absolute Gasteiger partial charge is 0.340 e. The highest BCUT2D eigenvalue weighted by Gasteiger charge is 2.39. The van der Waals surface area contributed by atoms with Crippen LogP contribution < -0.4 is 25.1 Å². The highest BCUT2D eigenvalue weighted by molar-refractivity contribution is 6.13. The highest BCUT2D eigenvalue weighted by Crippen LogP contribution is 2.50. The molecule has 1 aliphatic carbocycles. The van der Waals surface area contributed by atoms with Gasteiger partial charge in [0.2, 0.25) is 24.9 Å². The number of carbonyl (C=O) groups is 6. The Morgan fingerprint density at radius 1 is 1.00 bits per heavy atom.